The van der Waals surface area contributed by atoms with Crippen molar-refractivity contribution in [2.24, 2.45) is 0 Å². The van der Waals surface area contributed by atoms with Gasteiger partial charge in [-0.1, -0.05) is 43.3 Å². The molecule has 1 saturated heterocycles. The third kappa shape index (κ3) is 5.22. The first-order chi connectivity index (χ1) is 14.0. The molecule has 0 aliphatic carbocycles. The zero-order chi connectivity index (χ0) is 20.8. The monoisotopic (exact) mass is 394 g/mol. The Morgan fingerprint density at radius 3 is 2.55 bits per heavy atom. The van der Waals surface area contributed by atoms with Crippen molar-refractivity contribution in [2.45, 2.75) is 38.7 Å². The van der Waals surface area contributed by atoms with E-state index >= 15 is 0 Å². The molecule has 0 spiro atoms. The number of hydrogen-bond acceptors (Lipinski definition) is 4. The molecule has 1 aliphatic heterocycles. The minimum absolute atomic E-state index is 0.0517. The molecule has 2 atom stereocenters. The summed E-state index contributed by atoms with van der Waals surface area (Å²) in [7, 11) is 0. The van der Waals surface area contributed by atoms with Crippen LogP contribution in [0.25, 0.3) is 0 Å². The Hall–Kier alpha value is -3.15. The molecule has 0 bridgehead atoms. The summed E-state index contributed by atoms with van der Waals surface area (Å²) in [6.45, 7) is 4.68. The highest BCUT2D eigenvalue weighted by atomic mass is 16.5. The molecule has 29 heavy (non-hydrogen) atoms. The predicted molar refractivity (Wildman–Crippen MR) is 111 cm³/mol. The standard InChI is InChI=1S/C23H26N2O4/c1-16(18-8-4-3-5-9-18)15-24-22(27)17(2)29-23(28)19-10-6-11-20(14-19)25-13-7-12-21(25)26/h3-6,8-11,14,16-17H,7,12-13,15H2,1-2H3,(H,24,27)/t16-,17+/m1/s1. The number of nitrogens with zero attached hydrogens (tertiary/aromatic N) is 1. The second kappa shape index (κ2) is 9.37. The number of carbonyl (C=O) groups excluding carboxylic acids is 3. The van der Waals surface area contributed by atoms with Gasteiger partial charge in [0, 0.05) is 25.2 Å². The Bertz CT molecular complexity index is 881. The van der Waals surface area contributed by atoms with Gasteiger partial charge in [0.05, 0.1) is 5.56 Å². The quantitative estimate of drug-likeness (QED) is 0.732. The molecule has 2 aromatic carbocycles. The van der Waals surface area contributed by atoms with Crippen LogP contribution in [0.5, 0.6) is 0 Å². The Kier molecular flexibility index (Phi) is 6.65. The average molecular weight is 394 g/mol. The Morgan fingerprint density at radius 2 is 1.86 bits per heavy atom. The van der Waals surface area contributed by atoms with Gasteiger partial charge in [-0.05, 0) is 43.0 Å². The average Bonchev–Trinajstić information content (AvgIpc) is 3.18. The van der Waals surface area contributed by atoms with E-state index in [2.05, 4.69) is 5.32 Å². The largest absolute Gasteiger partial charge is 0.449 e. The topological polar surface area (TPSA) is 75.7 Å². The first-order valence-electron chi connectivity index (χ1n) is 9.90. The van der Waals surface area contributed by atoms with E-state index in [0.717, 1.165) is 12.0 Å². The van der Waals surface area contributed by atoms with Crippen LogP contribution in [-0.2, 0) is 14.3 Å². The van der Waals surface area contributed by atoms with Crippen molar-refractivity contribution >= 4 is 23.5 Å². The van der Waals surface area contributed by atoms with Gasteiger partial charge in [0.1, 0.15) is 0 Å². The number of hydrogen-bond donors (Lipinski definition) is 1. The van der Waals surface area contributed by atoms with Gasteiger partial charge in [-0.3, -0.25) is 9.59 Å². The van der Waals surface area contributed by atoms with Crippen LogP contribution in [0.1, 0.15) is 48.5 Å². The van der Waals surface area contributed by atoms with Crippen LogP contribution in [0.3, 0.4) is 0 Å². The molecule has 1 aliphatic rings. The summed E-state index contributed by atoms with van der Waals surface area (Å²) >= 11 is 0. The van der Waals surface area contributed by atoms with E-state index in [1.807, 2.05) is 37.3 Å². The first kappa shape index (κ1) is 20.6. The lowest BCUT2D eigenvalue weighted by atomic mass is 10.0. The van der Waals surface area contributed by atoms with Crippen molar-refractivity contribution in [3.63, 3.8) is 0 Å². The van der Waals surface area contributed by atoms with E-state index in [-0.39, 0.29) is 17.7 Å². The Balaban J connectivity index is 1.54. The third-order valence-electron chi connectivity index (χ3n) is 5.07. The van der Waals surface area contributed by atoms with Crippen molar-refractivity contribution in [1.29, 1.82) is 0 Å². The molecule has 2 amide bonds. The van der Waals surface area contributed by atoms with E-state index in [4.69, 9.17) is 4.74 Å². The van der Waals surface area contributed by atoms with Crippen LogP contribution in [0.4, 0.5) is 5.69 Å². The number of benzene rings is 2. The number of rotatable bonds is 7. The number of amides is 2. The summed E-state index contributed by atoms with van der Waals surface area (Å²) in [6, 6.07) is 16.7. The molecule has 6 nitrogen and oxygen atoms in total. The molecule has 6 heteroatoms. The summed E-state index contributed by atoms with van der Waals surface area (Å²) in [4.78, 5) is 38.4. The molecule has 2 aromatic rings. The van der Waals surface area contributed by atoms with Gasteiger partial charge in [-0.25, -0.2) is 4.79 Å². The zero-order valence-corrected chi connectivity index (χ0v) is 16.8. The highest BCUT2D eigenvalue weighted by Crippen LogP contribution is 2.22. The second-order valence-electron chi connectivity index (χ2n) is 7.30. The van der Waals surface area contributed by atoms with Gasteiger partial charge in [0.25, 0.3) is 5.91 Å². The van der Waals surface area contributed by atoms with Gasteiger partial charge in [-0.15, -0.1) is 0 Å². The van der Waals surface area contributed by atoms with Gasteiger partial charge >= 0.3 is 5.97 Å². The summed E-state index contributed by atoms with van der Waals surface area (Å²) < 4.78 is 5.33. The molecule has 0 unspecified atom stereocenters. The van der Waals surface area contributed by atoms with Crippen molar-refractivity contribution < 1.29 is 19.1 Å². The maximum atomic E-state index is 12.5. The van der Waals surface area contributed by atoms with E-state index in [1.165, 1.54) is 0 Å². The van der Waals surface area contributed by atoms with Gasteiger partial charge in [0.15, 0.2) is 6.10 Å². The van der Waals surface area contributed by atoms with Crippen LogP contribution < -0.4 is 10.2 Å². The molecule has 0 radical (unpaired) electrons. The summed E-state index contributed by atoms with van der Waals surface area (Å²) in [5, 5.41) is 2.83. The fraction of sp³-hybridized carbons (Fsp3) is 0.348. The number of anilines is 1. The molecule has 1 fully saturated rings. The van der Waals surface area contributed by atoms with Crippen LogP contribution in [0.15, 0.2) is 54.6 Å². The van der Waals surface area contributed by atoms with Crippen LogP contribution in [-0.4, -0.2) is 37.0 Å². The van der Waals surface area contributed by atoms with Gasteiger partial charge < -0.3 is 15.0 Å². The highest BCUT2D eigenvalue weighted by Gasteiger charge is 2.24. The zero-order valence-electron chi connectivity index (χ0n) is 16.8. The molecule has 1 heterocycles. The number of nitrogens with one attached hydrogen (secondary N) is 1. The second-order valence-corrected chi connectivity index (χ2v) is 7.30. The maximum Gasteiger partial charge on any atom is 0.338 e. The smallest absolute Gasteiger partial charge is 0.338 e. The molecular weight excluding hydrogens is 368 g/mol. The minimum Gasteiger partial charge on any atom is -0.449 e. The van der Waals surface area contributed by atoms with Crippen molar-refractivity contribution in [1.82, 2.24) is 5.32 Å². The lowest BCUT2D eigenvalue weighted by Gasteiger charge is -2.18. The van der Waals surface area contributed by atoms with Crippen molar-refractivity contribution in [2.75, 3.05) is 18.0 Å². The number of ether oxygens (including phenoxy) is 1. The number of carbonyl (C=O) groups is 3. The fourth-order valence-electron chi connectivity index (χ4n) is 3.30. The maximum absolute atomic E-state index is 12.5. The van der Waals surface area contributed by atoms with Gasteiger partial charge in [-0.2, -0.15) is 0 Å². The van der Waals surface area contributed by atoms with Crippen LogP contribution in [0.2, 0.25) is 0 Å². The van der Waals surface area contributed by atoms with Gasteiger partial charge in [0.2, 0.25) is 5.91 Å². The summed E-state index contributed by atoms with van der Waals surface area (Å²) in [6.07, 6.45) is 0.418. The molecule has 152 valence electrons. The summed E-state index contributed by atoms with van der Waals surface area (Å²) in [5.41, 5.74) is 2.13. The molecule has 0 aromatic heterocycles. The summed E-state index contributed by atoms with van der Waals surface area (Å²) in [5.74, 6) is -0.724. The highest BCUT2D eigenvalue weighted by molar-refractivity contribution is 5.98. The third-order valence-corrected chi connectivity index (χ3v) is 5.07. The SMILES string of the molecule is C[C@H](OC(=O)c1cccc(N2CCCC2=O)c1)C(=O)NC[C@@H](C)c1ccccc1. The lowest BCUT2D eigenvalue weighted by molar-refractivity contribution is -0.129. The van der Waals surface area contributed by atoms with Crippen molar-refractivity contribution in [3.8, 4) is 0 Å². The molecule has 0 saturated carbocycles. The van der Waals surface area contributed by atoms with Crippen LogP contribution >= 0.6 is 0 Å². The normalized spacial score (nSPS) is 15.7. The van der Waals surface area contributed by atoms with Crippen molar-refractivity contribution in [3.05, 3.63) is 65.7 Å². The Morgan fingerprint density at radius 1 is 1.10 bits per heavy atom. The van der Waals surface area contributed by atoms with E-state index in [0.29, 0.717) is 30.8 Å². The van der Waals surface area contributed by atoms with Crippen LogP contribution in [0, 0.1) is 0 Å². The van der Waals surface area contributed by atoms with E-state index in [9.17, 15) is 14.4 Å². The molecule has 1 N–H and O–H groups in total. The number of esters is 1. The predicted octanol–water partition coefficient (Wildman–Crippen LogP) is 3.28. The Labute approximate surface area is 170 Å². The van der Waals surface area contributed by atoms with E-state index in [1.54, 1.807) is 36.1 Å². The fourth-order valence-corrected chi connectivity index (χ4v) is 3.30. The first-order valence-corrected chi connectivity index (χ1v) is 9.90. The minimum atomic E-state index is -0.914. The van der Waals surface area contributed by atoms with E-state index < -0.39 is 12.1 Å². The molecule has 3 rings (SSSR count). The molecular formula is C23H26N2O4. The lowest BCUT2D eigenvalue weighted by Crippen LogP contribution is -2.37.